The summed E-state index contributed by atoms with van der Waals surface area (Å²) in [5.41, 5.74) is 1.38. The van der Waals surface area contributed by atoms with Gasteiger partial charge in [-0.25, -0.2) is 14.8 Å². The quantitative estimate of drug-likeness (QED) is 0.922. The van der Waals surface area contributed by atoms with Crippen molar-refractivity contribution in [2.45, 2.75) is 6.92 Å². The Morgan fingerprint density at radius 1 is 1.00 bits per heavy atom. The highest BCUT2D eigenvalue weighted by atomic mass is 16.2. The molecule has 2 aromatic rings. The lowest BCUT2D eigenvalue weighted by atomic mass is 10.2. The fraction of sp³-hybridized carbons (Fsp3) is 0.333. The van der Waals surface area contributed by atoms with Crippen LogP contribution in [0.4, 0.5) is 4.79 Å². The van der Waals surface area contributed by atoms with Gasteiger partial charge in [0.25, 0.3) is 5.91 Å². The molecule has 0 bridgehead atoms. The van der Waals surface area contributed by atoms with E-state index in [9.17, 15) is 9.59 Å². The standard InChI is InChI=1S/C18H21N5O2/c1-2-19-18(25)23-10-8-22(9-11-23)17(24)15-12-20-16(21-13-15)14-6-4-3-5-7-14/h3-7,12-13H,2,8-11H2,1H3,(H,19,25). The van der Waals surface area contributed by atoms with Crippen molar-refractivity contribution in [1.82, 2.24) is 25.1 Å². The smallest absolute Gasteiger partial charge is 0.317 e. The number of nitrogens with zero attached hydrogens (tertiary/aromatic N) is 4. The molecule has 1 fully saturated rings. The fourth-order valence-corrected chi connectivity index (χ4v) is 2.73. The van der Waals surface area contributed by atoms with Crippen molar-refractivity contribution in [2.24, 2.45) is 0 Å². The summed E-state index contributed by atoms with van der Waals surface area (Å²) in [5, 5.41) is 2.78. The van der Waals surface area contributed by atoms with Gasteiger partial charge in [0, 0.05) is 50.7 Å². The molecule has 0 saturated carbocycles. The molecule has 3 rings (SSSR count). The van der Waals surface area contributed by atoms with Gasteiger partial charge in [-0.2, -0.15) is 0 Å². The predicted octanol–water partition coefficient (Wildman–Crippen LogP) is 1.63. The van der Waals surface area contributed by atoms with Crippen molar-refractivity contribution in [1.29, 1.82) is 0 Å². The average molecular weight is 339 g/mol. The van der Waals surface area contributed by atoms with Crippen LogP contribution < -0.4 is 5.32 Å². The Hall–Kier alpha value is -2.96. The van der Waals surface area contributed by atoms with Crippen molar-refractivity contribution in [3.8, 4) is 11.4 Å². The van der Waals surface area contributed by atoms with Crippen molar-refractivity contribution < 1.29 is 9.59 Å². The SMILES string of the molecule is CCNC(=O)N1CCN(C(=O)c2cnc(-c3ccccc3)nc2)CC1. The van der Waals surface area contributed by atoms with Crippen molar-refractivity contribution in [3.63, 3.8) is 0 Å². The predicted molar refractivity (Wildman–Crippen MR) is 94.0 cm³/mol. The molecule has 7 nitrogen and oxygen atoms in total. The lowest BCUT2D eigenvalue weighted by Crippen LogP contribution is -2.53. The second-order valence-electron chi connectivity index (χ2n) is 5.78. The fourth-order valence-electron chi connectivity index (χ4n) is 2.73. The van der Waals surface area contributed by atoms with Gasteiger partial charge >= 0.3 is 6.03 Å². The van der Waals surface area contributed by atoms with Gasteiger partial charge in [0.1, 0.15) is 0 Å². The Morgan fingerprint density at radius 3 is 2.20 bits per heavy atom. The number of urea groups is 1. The van der Waals surface area contributed by atoms with Crippen LogP contribution in [0.3, 0.4) is 0 Å². The van der Waals surface area contributed by atoms with E-state index in [1.54, 1.807) is 22.2 Å². The number of amides is 3. The Bertz CT molecular complexity index is 725. The van der Waals surface area contributed by atoms with Crippen LogP contribution in [-0.2, 0) is 0 Å². The second-order valence-corrected chi connectivity index (χ2v) is 5.78. The van der Waals surface area contributed by atoms with Gasteiger partial charge in [-0.3, -0.25) is 4.79 Å². The van der Waals surface area contributed by atoms with Gasteiger partial charge in [0.15, 0.2) is 5.82 Å². The van der Waals surface area contributed by atoms with Crippen molar-refractivity contribution >= 4 is 11.9 Å². The Labute approximate surface area is 146 Å². The molecule has 0 atom stereocenters. The number of aromatic nitrogens is 2. The first-order valence-electron chi connectivity index (χ1n) is 8.38. The Morgan fingerprint density at radius 2 is 1.60 bits per heavy atom. The zero-order valence-electron chi connectivity index (χ0n) is 14.2. The molecule has 2 heterocycles. The van der Waals surface area contributed by atoms with E-state index >= 15 is 0 Å². The minimum Gasteiger partial charge on any atom is -0.338 e. The maximum Gasteiger partial charge on any atom is 0.317 e. The highest BCUT2D eigenvalue weighted by Crippen LogP contribution is 2.14. The van der Waals surface area contributed by atoms with Crippen LogP contribution in [0.15, 0.2) is 42.7 Å². The summed E-state index contributed by atoms with van der Waals surface area (Å²) in [5.74, 6) is 0.494. The molecule has 1 saturated heterocycles. The van der Waals surface area contributed by atoms with Gasteiger partial charge in [-0.1, -0.05) is 30.3 Å². The van der Waals surface area contributed by atoms with Crippen LogP contribution >= 0.6 is 0 Å². The Kier molecular flexibility index (Phi) is 5.23. The van der Waals surface area contributed by atoms with Gasteiger partial charge in [0.2, 0.25) is 0 Å². The third-order valence-corrected chi connectivity index (χ3v) is 4.11. The summed E-state index contributed by atoms with van der Waals surface area (Å²) in [6, 6.07) is 9.55. The number of piperazine rings is 1. The van der Waals surface area contributed by atoms with E-state index in [0.717, 1.165) is 5.56 Å². The molecule has 1 N–H and O–H groups in total. The molecule has 7 heteroatoms. The summed E-state index contributed by atoms with van der Waals surface area (Å²) in [4.78, 5) is 36.4. The largest absolute Gasteiger partial charge is 0.338 e. The molecule has 1 aliphatic rings. The Balaban J connectivity index is 1.61. The van der Waals surface area contributed by atoms with E-state index in [-0.39, 0.29) is 11.9 Å². The maximum absolute atomic E-state index is 12.6. The average Bonchev–Trinajstić information content (AvgIpc) is 2.68. The number of rotatable bonds is 3. The molecule has 0 aliphatic carbocycles. The monoisotopic (exact) mass is 339 g/mol. The summed E-state index contributed by atoms with van der Waals surface area (Å²) < 4.78 is 0. The molecule has 0 unspecified atom stereocenters. The number of nitrogens with one attached hydrogen (secondary N) is 1. The van der Waals surface area contributed by atoms with Crippen molar-refractivity contribution in [3.05, 3.63) is 48.3 Å². The van der Waals surface area contributed by atoms with Crippen molar-refractivity contribution in [2.75, 3.05) is 32.7 Å². The number of carbonyl (C=O) groups excluding carboxylic acids is 2. The van der Waals surface area contributed by atoms with Gasteiger partial charge in [0.05, 0.1) is 5.56 Å². The highest BCUT2D eigenvalue weighted by molar-refractivity contribution is 5.94. The van der Waals surface area contributed by atoms with Gasteiger partial charge < -0.3 is 15.1 Å². The number of carbonyl (C=O) groups is 2. The molecular formula is C18H21N5O2. The zero-order chi connectivity index (χ0) is 17.6. The van der Waals surface area contributed by atoms with Crippen LogP contribution in [-0.4, -0.2) is 64.4 Å². The number of hydrogen-bond acceptors (Lipinski definition) is 4. The highest BCUT2D eigenvalue weighted by Gasteiger charge is 2.24. The molecule has 3 amide bonds. The van der Waals surface area contributed by atoms with Crippen LogP contribution in [0.5, 0.6) is 0 Å². The molecule has 1 aliphatic heterocycles. The maximum atomic E-state index is 12.6. The molecule has 25 heavy (non-hydrogen) atoms. The van der Waals surface area contributed by atoms with Crippen LogP contribution in [0, 0.1) is 0 Å². The van der Waals surface area contributed by atoms with Crippen LogP contribution in [0.1, 0.15) is 17.3 Å². The normalized spacial score (nSPS) is 14.3. The summed E-state index contributed by atoms with van der Waals surface area (Å²) in [6.07, 6.45) is 3.13. The first kappa shape index (κ1) is 16.9. The molecular weight excluding hydrogens is 318 g/mol. The van der Waals surface area contributed by atoms with E-state index < -0.39 is 0 Å². The molecule has 1 aromatic carbocycles. The van der Waals surface area contributed by atoms with E-state index in [1.807, 2.05) is 37.3 Å². The molecule has 1 aromatic heterocycles. The van der Waals surface area contributed by atoms with E-state index in [1.165, 1.54) is 0 Å². The van der Waals surface area contributed by atoms with Gasteiger partial charge in [-0.05, 0) is 6.92 Å². The third kappa shape index (κ3) is 3.93. The summed E-state index contributed by atoms with van der Waals surface area (Å²) in [7, 11) is 0. The minimum atomic E-state index is -0.102. The van der Waals surface area contributed by atoms with Crippen LogP contribution in [0.2, 0.25) is 0 Å². The van der Waals surface area contributed by atoms with Crippen LogP contribution in [0.25, 0.3) is 11.4 Å². The third-order valence-electron chi connectivity index (χ3n) is 4.11. The van der Waals surface area contributed by atoms with E-state index in [0.29, 0.717) is 44.1 Å². The van der Waals surface area contributed by atoms with E-state index in [4.69, 9.17) is 0 Å². The first-order chi connectivity index (χ1) is 12.2. The van der Waals surface area contributed by atoms with Gasteiger partial charge in [-0.15, -0.1) is 0 Å². The molecule has 130 valence electrons. The topological polar surface area (TPSA) is 78.4 Å². The lowest BCUT2D eigenvalue weighted by molar-refractivity contribution is 0.0664. The number of benzene rings is 1. The summed E-state index contributed by atoms with van der Waals surface area (Å²) >= 11 is 0. The second kappa shape index (κ2) is 7.74. The molecule has 0 radical (unpaired) electrons. The first-order valence-corrected chi connectivity index (χ1v) is 8.38. The molecule has 0 spiro atoms. The lowest BCUT2D eigenvalue weighted by Gasteiger charge is -2.34. The zero-order valence-corrected chi connectivity index (χ0v) is 14.2. The summed E-state index contributed by atoms with van der Waals surface area (Å²) in [6.45, 7) is 4.56. The number of hydrogen-bond donors (Lipinski definition) is 1. The minimum absolute atomic E-state index is 0.0786. The van der Waals surface area contributed by atoms with E-state index in [2.05, 4.69) is 15.3 Å².